The summed E-state index contributed by atoms with van der Waals surface area (Å²) in [6.07, 6.45) is 3.01. The Morgan fingerprint density at radius 2 is 1.97 bits per heavy atom. The lowest BCUT2D eigenvalue weighted by Gasteiger charge is -2.13. The Kier molecular flexibility index (Phi) is 6.12. The number of carbonyl (C=O) groups excluding carboxylic acids is 1. The SMILES string of the molecule is CCOc1ccc(-n2c(SCC(=O)c3cc(C)n(C)c3C)nc3sc4c(c3c2=O)CCC4)cc1. The van der Waals surface area contributed by atoms with E-state index >= 15 is 0 Å². The lowest BCUT2D eigenvalue weighted by molar-refractivity contribution is 0.102. The van der Waals surface area contributed by atoms with Gasteiger partial charge in [0.2, 0.25) is 0 Å². The van der Waals surface area contributed by atoms with Crippen molar-refractivity contribution < 1.29 is 9.53 Å². The Labute approximate surface area is 206 Å². The second-order valence-corrected chi connectivity index (χ2v) is 10.6. The van der Waals surface area contributed by atoms with Crippen molar-refractivity contribution in [3.63, 3.8) is 0 Å². The van der Waals surface area contributed by atoms with Crippen molar-refractivity contribution in [3.8, 4) is 11.4 Å². The van der Waals surface area contributed by atoms with E-state index in [0.717, 1.165) is 63.4 Å². The van der Waals surface area contributed by atoms with E-state index in [4.69, 9.17) is 9.72 Å². The van der Waals surface area contributed by atoms with Crippen molar-refractivity contribution >= 4 is 39.1 Å². The second kappa shape index (κ2) is 9.07. The molecule has 3 aromatic heterocycles. The molecule has 0 N–H and O–H groups in total. The van der Waals surface area contributed by atoms with E-state index in [1.165, 1.54) is 16.6 Å². The van der Waals surface area contributed by atoms with E-state index in [0.29, 0.717) is 11.8 Å². The van der Waals surface area contributed by atoms with Gasteiger partial charge in [0.15, 0.2) is 10.9 Å². The summed E-state index contributed by atoms with van der Waals surface area (Å²) in [7, 11) is 1.96. The third-order valence-electron chi connectivity index (χ3n) is 6.52. The zero-order chi connectivity index (χ0) is 24.0. The summed E-state index contributed by atoms with van der Waals surface area (Å²) in [6.45, 7) is 6.47. The quantitative estimate of drug-likeness (QED) is 0.199. The highest BCUT2D eigenvalue weighted by atomic mass is 32.2. The van der Waals surface area contributed by atoms with Gasteiger partial charge in [-0.15, -0.1) is 11.3 Å². The van der Waals surface area contributed by atoms with Gasteiger partial charge in [-0.2, -0.15) is 0 Å². The van der Waals surface area contributed by atoms with Gasteiger partial charge in [0, 0.05) is 28.9 Å². The molecule has 8 heteroatoms. The number of Topliss-reactive ketones (excluding diaryl/α,β-unsaturated/α-hetero) is 1. The Morgan fingerprint density at radius 3 is 2.65 bits per heavy atom. The molecular weight excluding hydrogens is 466 g/mol. The van der Waals surface area contributed by atoms with E-state index in [-0.39, 0.29) is 17.1 Å². The van der Waals surface area contributed by atoms with Crippen molar-refractivity contribution in [1.82, 2.24) is 14.1 Å². The summed E-state index contributed by atoms with van der Waals surface area (Å²) in [4.78, 5) is 33.8. The van der Waals surface area contributed by atoms with Crippen LogP contribution < -0.4 is 10.3 Å². The number of thioether (sulfide) groups is 1. The number of fused-ring (bicyclic) bond motifs is 3. The molecule has 0 saturated carbocycles. The highest BCUT2D eigenvalue weighted by molar-refractivity contribution is 7.99. The first-order valence-electron chi connectivity index (χ1n) is 11.5. The summed E-state index contributed by atoms with van der Waals surface area (Å²) < 4.78 is 9.25. The normalized spacial score (nSPS) is 12.9. The molecule has 0 spiro atoms. The summed E-state index contributed by atoms with van der Waals surface area (Å²) in [5.74, 6) is 1.00. The topological polar surface area (TPSA) is 66.1 Å². The first kappa shape index (κ1) is 22.9. The van der Waals surface area contributed by atoms with Gasteiger partial charge in [-0.25, -0.2) is 4.98 Å². The third kappa shape index (κ3) is 3.88. The van der Waals surface area contributed by atoms with Crippen LogP contribution in [0.15, 0.2) is 40.3 Å². The largest absolute Gasteiger partial charge is 0.494 e. The third-order valence-corrected chi connectivity index (χ3v) is 8.65. The number of benzene rings is 1. The summed E-state index contributed by atoms with van der Waals surface area (Å²) >= 11 is 2.94. The maximum Gasteiger partial charge on any atom is 0.267 e. The summed E-state index contributed by atoms with van der Waals surface area (Å²) in [5, 5.41) is 1.27. The molecule has 0 unspecified atom stereocenters. The van der Waals surface area contributed by atoms with E-state index in [2.05, 4.69) is 0 Å². The second-order valence-electron chi connectivity index (χ2n) is 8.56. The number of thiophene rings is 1. The fraction of sp³-hybridized carbons (Fsp3) is 0.346. The molecule has 0 radical (unpaired) electrons. The van der Waals surface area contributed by atoms with Gasteiger partial charge in [-0.05, 0) is 75.9 Å². The monoisotopic (exact) mass is 493 g/mol. The minimum Gasteiger partial charge on any atom is -0.494 e. The number of aryl methyl sites for hydroxylation is 3. The molecule has 0 saturated heterocycles. The summed E-state index contributed by atoms with van der Waals surface area (Å²) in [5.41, 5.74) is 4.53. The Hall–Kier alpha value is -2.84. The van der Waals surface area contributed by atoms with E-state index in [1.54, 1.807) is 15.9 Å². The molecule has 0 atom stereocenters. The molecule has 0 aliphatic heterocycles. The molecule has 0 fully saturated rings. The van der Waals surface area contributed by atoms with Crippen LogP contribution in [0.4, 0.5) is 0 Å². The molecule has 34 heavy (non-hydrogen) atoms. The van der Waals surface area contributed by atoms with E-state index in [1.807, 2.05) is 62.7 Å². The van der Waals surface area contributed by atoms with Gasteiger partial charge in [0.25, 0.3) is 5.56 Å². The maximum atomic E-state index is 13.8. The van der Waals surface area contributed by atoms with Crippen LogP contribution in [0.25, 0.3) is 15.9 Å². The lowest BCUT2D eigenvalue weighted by atomic mass is 10.2. The van der Waals surface area contributed by atoms with Crippen LogP contribution in [-0.2, 0) is 19.9 Å². The van der Waals surface area contributed by atoms with Gasteiger partial charge in [0.05, 0.1) is 23.4 Å². The van der Waals surface area contributed by atoms with E-state index in [9.17, 15) is 9.59 Å². The van der Waals surface area contributed by atoms with Crippen molar-refractivity contribution in [2.75, 3.05) is 12.4 Å². The van der Waals surface area contributed by atoms with Crippen LogP contribution in [0.3, 0.4) is 0 Å². The molecule has 1 aliphatic carbocycles. The number of carbonyl (C=O) groups is 1. The summed E-state index contributed by atoms with van der Waals surface area (Å²) in [6, 6.07) is 9.41. The average Bonchev–Trinajstić information content (AvgIpc) is 3.48. The number of aromatic nitrogens is 3. The smallest absolute Gasteiger partial charge is 0.267 e. The van der Waals surface area contributed by atoms with Crippen LogP contribution in [0.5, 0.6) is 5.75 Å². The van der Waals surface area contributed by atoms with Crippen molar-refractivity contribution in [3.05, 3.63) is 68.1 Å². The molecule has 5 rings (SSSR count). The average molecular weight is 494 g/mol. The van der Waals surface area contributed by atoms with Crippen LogP contribution >= 0.6 is 23.1 Å². The van der Waals surface area contributed by atoms with Crippen molar-refractivity contribution in [2.45, 2.75) is 45.2 Å². The Balaban J connectivity index is 1.57. The molecule has 3 heterocycles. The fourth-order valence-electron chi connectivity index (χ4n) is 4.55. The highest BCUT2D eigenvalue weighted by Crippen LogP contribution is 2.36. The highest BCUT2D eigenvalue weighted by Gasteiger charge is 2.24. The predicted molar refractivity (Wildman–Crippen MR) is 138 cm³/mol. The zero-order valence-corrected chi connectivity index (χ0v) is 21.4. The minimum absolute atomic E-state index is 0.0347. The Bertz CT molecular complexity index is 1460. The van der Waals surface area contributed by atoms with Gasteiger partial charge < -0.3 is 9.30 Å². The zero-order valence-electron chi connectivity index (χ0n) is 19.8. The molecule has 4 aromatic rings. The van der Waals surface area contributed by atoms with Crippen molar-refractivity contribution in [1.29, 1.82) is 0 Å². The first-order valence-corrected chi connectivity index (χ1v) is 13.3. The standard InChI is InChI=1S/C26H27N3O3S2/c1-5-32-18-11-9-17(10-12-18)29-25(31)23-19-7-6-8-22(19)34-24(23)27-26(29)33-14-21(30)20-13-15(2)28(4)16(20)3/h9-13H,5-8,14H2,1-4H3. The van der Waals surface area contributed by atoms with Crippen LogP contribution in [0, 0.1) is 13.8 Å². The maximum absolute atomic E-state index is 13.8. The van der Waals surface area contributed by atoms with E-state index < -0.39 is 0 Å². The van der Waals surface area contributed by atoms with Crippen LogP contribution in [-0.4, -0.2) is 32.3 Å². The molecular formula is C26H27N3O3S2. The molecule has 0 bridgehead atoms. The molecule has 1 aromatic carbocycles. The Morgan fingerprint density at radius 1 is 1.21 bits per heavy atom. The number of ether oxygens (including phenoxy) is 1. The number of nitrogens with zero attached hydrogens (tertiary/aromatic N) is 3. The van der Waals surface area contributed by atoms with Gasteiger partial charge in [0.1, 0.15) is 10.6 Å². The fourth-order valence-corrected chi connectivity index (χ4v) is 6.75. The number of ketones is 1. The molecule has 176 valence electrons. The van der Waals surface area contributed by atoms with Crippen LogP contribution in [0.1, 0.15) is 45.5 Å². The number of hydrogen-bond acceptors (Lipinski definition) is 6. The molecule has 1 aliphatic rings. The molecule has 0 amide bonds. The minimum atomic E-state index is -0.0600. The number of rotatable bonds is 7. The van der Waals surface area contributed by atoms with Crippen molar-refractivity contribution in [2.24, 2.45) is 7.05 Å². The van der Waals surface area contributed by atoms with Gasteiger partial charge >= 0.3 is 0 Å². The predicted octanol–water partition coefficient (Wildman–Crippen LogP) is 5.26. The van der Waals surface area contributed by atoms with Gasteiger partial charge in [-0.1, -0.05) is 11.8 Å². The van der Waals surface area contributed by atoms with Crippen LogP contribution in [0.2, 0.25) is 0 Å². The lowest BCUT2D eigenvalue weighted by Crippen LogP contribution is -2.22. The number of hydrogen-bond donors (Lipinski definition) is 0. The molecule has 6 nitrogen and oxygen atoms in total. The van der Waals surface area contributed by atoms with Gasteiger partial charge in [-0.3, -0.25) is 14.2 Å². The first-order chi connectivity index (χ1) is 16.4.